The maximum Gasteiger partial charge on any atom is 0.302 e. The Balaban J connectivity index is 3.29. The number of carbonyl (C=O) groups is 2. The number of unbranched alkanes of at least 4 members (excludes halogenated alkanes) is 20. The third kappa shape index (κ3) is 31.1. The van der Waals surface area contributed by atoms with Crippen LogP contribution in [0.25, 0.3) is 0 Å². The van der Waals surface area contributed by atoms with Gasteiger partial charge in [-0.25, -0.2) is 0 Å². The Morgan fingerprint density at radius 2 is 0.784 bits per heavy atom. The number of rotatable bonds is 28. The number of ether oxygens (including phenoxy) is 2. The van der Waals surface area contributed by atoms with Gasteiger partial charge < -0.3 is 9.47 Å². The second-order valence-electron chi connectivity index (χ2n) is 11.8. The highest BCUT2D eigenvalue weighted by Gasteiger charge is 2.12. The second-order valence-corrected chi connectivity index (χ2v) is 11.8. The molecule has 0 aromatic heterocycles. The third-order valence-corrected chi connectivity index (χ3v) is 7.39. The summed E-state index contributed by atoms with van der Waals surface area (Å²) < 4.78 is 10.3. The highest BCUT2D eigenvalue weighted by molar-refractivity contribution is 5.66. The first-order valence-corrected chi connectivity index (χ1v) is 16.2. The zero-order chi connectivity index (χ0) is 27.4. The predicted octanol–water partition coefficient (Wildman–Crippen LogP) is 10.5. The monoisotopic (exact) mass is 524 g/mol. The molecule has 220 valence electrons. The predicted molar refractivity (Wildman–Crippen MR) is 158 cm³/mol. The molecule has 1 atom stereocenters. The fraction of sp³-hybridized carbons (Fsp3) is 0.939. The lowest BCUT2D eigenvalue weighted by Crippen LogP contribution is -2.19. The Kier molecular flexibility index (Phi) is 27.2. The van der Waals surface area contributed by atoms with E-state index in [0.717, 1.165) is 18.8 Å². The van der Waals surface area contributed by atoms with Gasteiger partial charge >= 0.3 is 11.9 Å². The van der Waals surface area contributed by atoms with Crippen LogP contribution in [0.5, 0.6) is 0 Å². The van der Waals surface area contributed by atoms with E-state index in [1.807, 2.05) is 0 Å². The quantitative estimate of drug-likeness (QED) is 0.0754. The van der Waals surface area contributed by atoms with E-state index in [4.69, 9.17) is 9.47 Å². The van der Waals surface area contributed by atoms with Gasteiger partial charge in [0, 0.05) is 20.3 Å². The number of hydrogen-bond donors (Lipinski definition) is 0. The molecule has 0 aliphatic heterocycles. The molecule has 0 amide bonds. The zero-order valence-corrected chi connectivity index (χ0v) is 25.5. The Bertz CT molecular complexity index is 503. The standard InChI is InChI=1S/C33H64O4/c1-30(2)26-24-22-20-18-16-14-12-10-8-6-5-7-9-11-13-15-17-19-21-23-25-27-33(37-32(4)35)28-29-36-31(3)34/h30,33H,5-29H2,1-4H3/t33-/m1/s1. The van der Waals surface area contributed by atoms with E-state index in [2.05, 4.69) is 13.8 Å². The Morgan fingerprint density at radius 3 is 1.08 bits per heavy atom. The van der Waals surface area contributed by atoms with Gasteiger partial charge in [0.05, 0.1) is 6.61 Å². The molecule has 0 unspecified atom stereocenters. The zero-order valence-electron chi connectivity index (χ0n) is 25.5. The molecule has 0 saturated carbocycles. The minimum Gasteiger partial charge on any atom is -0.466 e. The van der Waals surface area contributed by atoms with E-state index in [0.29, 0.717) is 13.0 Å². The molecular formula is C33H64O4. The first-order valence-electron chi connectivity index (χ1n) is 16.2. The minimum absolute atomic E-state index is 0.129. The third-order valence-electron chi connectivity index (χ3n) is 7.39. The van der Waals surface area contributed by atoms with Crippen molar-refractivity contribution in [3.63, 3.8) is 0 Å². The normalized spacial score (nSPS) is 12.1. The Labute approximate surface area is 231 Å². The molecule has 4 heteroatoms. The molecule has 0 aromatic carbocycles. The molecule has 0 fully saturated rings. The summed E-state index contributed by atoms with van der Waals surface area (Å²) in [5.74, 6) is 0.342. The first kappa shape index (κ1) is 35.9. The molecule has 0 aromatic rings. The topological polar surface area (TPSA) is 52.6 Å². The molecule has 37 heavy (non-hydrogen) atoms. The van der Waals surface area contributed by atoms with Crippen molar-refractivity contribution in [2.75, 3.05) is 6.61 Å². The average Bonchev–Trinajstić information content (AvgIpc) is 2.83. The van der Waals surface area contributed by atoms with Gasteiger partial charge in [-0.15, -0.1) is 0 Å². The van der Waals surface area contributed by atoms with Crippen LogP contribution in [-0.4, -0.2) is 24.6 Å². The molecular weight excluding hydrogens is 460 g/mol. The number of esters is 2. The summed E-state index contributed by atoms with van der Waals surface area (Å²) in [6, 6.07) is 0. The summed E-state index contributed by atoms with van der Waals surface area (Å²) in [5, 5.41) is 0. The van der Waals surface area contributed by atoms with Gasteiger partial charge in [0.2, 0.25) is 0 Å². The van der Waals surface area contributed by atoms with Gasteiger partial charge in [-0.05, 0) is 18.8 Å². The van der Waals surface area contributed by atoms with Gasteiger partial charge in [0.15, 0.2) is 0 Å². The highest BCUT2D eigenvalue weighted by Crippen LogP contribution is 2.17. The van der Waals surface area contributed by atoms with E-state index in [1.54, 1.807) is 0 Å². The van der Waals surface area contributed by atoms with Crippen LogP contribution in [0, 0.1) is 5.92 Å². The van der Waals surface area contributed by atoms with E-state index in [9.17, 15) is 9.59 Å². The molecule has 0 aliphatic carbocycles. The van der Waals surface area contributed by atoms with Crippen molar-refractivity contribution in [2.24, 2.45) is 5.92 Å². The largest absolute Gasteiger partial charge is 0.466 e. The molecule has 0 aliphatic rings. The molecule has 0 rings (SSSR count). The summed E-state index contributed by atoms with van der Waals surface area (Å²) in [5.41, 5.74) is 0. The van der Waals surface area contributed by atoms with E-state index >= 15 is 0 Å². The van der Waals surface area contributed by atoms with Crippen LogP contribution in [0.3, 0.4) is 0 Å². The fourth-order valence-electron chi connectivity index (χ4n) is 5.11. The maximum absolute atomic E-state index is 11.3. The van der Waals surface area contributed by atoms with Gasteiger partial charge in [-0.3, -0.25) is 9.59 Å². The van der Waals surface area contributed by atoms with Crippen molar-refractivity contribution in [3.8, 4) is 0 Å². The number of carbonyl (C=O) groups excluding carboxylic acids is 2. The van der Waals surface area contributed by atoms with Crippen LogP contribution in [0.15, 0.2) is 0 Å². The highest BCUT2D eigenvalue weighted by atomic mass is 16.6. The van der Waals surface area contributed by atoms with Gasteiger partial charge in [-0.1, -0.05) is 149 Å². The van der Waals surface area contributed by atoms with Crippen LogP contribution in [-0.2, 0) is 19.1 Å². The Morgan fingerprint density at radius 1 is 0.459 bits per heavy atom. The molecule has 0 bridgehead atoms. The molecule has 0 radical (unpaired) electrons. The van der Waals surface area contributed by atoms with E-state index in [1.165, 1.54) is 149 Å². The lowest BCUT2D eigenvalue weighted by Gasteiger charge is -2.16. The molecule has 0 saturated heterocycles. The van der Waals surface area contributed by atoms with Crippen LogP contribution < -0.4 is 0 Å². The molecule has 0 spiro atoms. The Hall–Kier alpha value is -1.06. The van der Waals surface area contributed by atoms with Crippen LogP contribution in [0.2, 0.25) is 0 Å². The summed E-state index contributed by atoms with van der Waals surface area (Å²) in [6.07, 6.45) is 31.8. The summed E-state index contributed by atoms with van der Waals surface area (Å²) in [7, 11) is 0. The first-order chi connectivity index (χ1) is 17.9. The van der Waals surface area contributed by atoms with Crippen molar-refractivity contribution in [2.45, 2.75) is 188 Å². The van der Waals surface area contributed by atoms with Gasteiger partial charge in [0.1, 0.15) is 6.10 Å². The second kappa shape index (κ2) is 28.0. The van der Waals surface area contributed by atoms with Crippen molar-refractivity contribution < 1.29 is 19.1 Å². The molecule has 4 nitrogen and oxygen atoms in total. The van der Waals surface area contributed by atoms with Gasteiger partial charge in [-0.2, -0.15) is 0 Å². The fourth-order valence-corrected chi connectivity index (χ4v) is 5.11. The van der Waals surface area contributed by atoms with Crippen molar-refractivity contribution >= 4 is 11.9 Å². The lowest BCUT2D eigenvalue weighted by atomic mass is 10.0. The van der Waals surface area contributed by atoms with E-state index in [-0.39, 0.29) is 18.0 Å². The summed E-state index contributed by atoms with van der Waals surface area (Å²) in [4.78, 5) is 22.1. The van der Waals surface area contributed by atoms with Gasteiger partial charge in [0.25, 0.3) is 0 Å². The van der Waals surface area contributed by atoms with E-state index < -0.39 is 0 Å². The number of hydrogen-bond acceptors (Lipinski definition) is 4. The van der Waals surface area contributed by atoms with Crippen LogP contribution >= 0.6 is 0 Å². The average molecular weight is 525 g/mol. The van der Waals surface area contributed by atoms with Crippen molar-refractivity contribution in [3.05, 3.63) is 0 Å². The summed E-state index contributed by atoms with van der Waals surface area (Å²) in [6.45, 7) is 7.84. The van der Waals surface area contributed by atoms with Crippen molar-refractivity contribution in [1.82, 2.24) is 0 Å². The lowest BCUT2D eigenvalue weighted by molar-refractivity contribution is -0.148. The van der Waals surface area contributed by atoms with Crippen molar-refractivity contribution in [1.29, 1.82) is 0 Å². The summed E-state index contributed by atoms with van der Waals surface area (Å²) >= 11 is 0. The van der Waals surface area contributed by atoms with Crippen LogP contribution in [0.1, 0.15) is 182 Å². The molecule has 0 N–H and O–H groups in total. The maximum atomic E-state index is 11.3. The molecule has 0 heterocycles. The minimum atomic E-state index is -0.282. The van der Waals surface area contributed by atoms with Crippen LogP contribution in [0.4, 0.5) is 0 Å². The smallest absolute Gasteiger partial charge is 0.302 e. The SMILES string of the molecule is CC(=O)OCC[C@@H](CCCCCCCCCCCCCCCCCCCCCCCC(C)C)OC(C)=O.